The number of hydrogen-bond acceptors (Lipinski definition) is 8. The topological polar surface area (TPSA) is 105 Å². The van der Waals surface area contributed by atoms with Crippen LogP contribution in [0.1, 0.15) is 41.5 Å². The Morgan fingerprint density at radius 3 is 2.53 bits per heavy atom. The van der Waals surface area contributed by atoms with Gasteiger partial charge >= 0.3 is 12.2 Å². The number of nitrogens with one attached hydrogen (secondary N) is 2. The molecule has 2 aliphatic rings. The molecule has 14 heteroatoms. The molecule has 10 nitrogen and oxygen atoms in total. The first kappa shape index (κ1) is 33.0. The quantitative estimate of drug-likeness (QED) is 0.261. The number of likely N-dealkylation sites (tertiary alicyclic amines) is 1. The summed E-state index contributed by atoms with van der Waals surface area (Å²) < 4.78 is 41.0. The second-order valence-electron chi connectivity index (χ2n) is 12.6. The Kier molecular flexibility index (Phi) is 9.59. The van der Waals surface area contributed by atoms with Crippen molar-refractivity contribution in [1.29, 1.82) is 5.26 Å². The molecule has 1 aromatic carbocycles. The van der Waals surface area contributed by atoms with Crippen molar-refractivity contribution in [2.75, 3.05) is 51.6 Å². The van der Waals surface area contributed by atoms with Crippen LogP contribution < -0.4 is 10.6 Å². The van der Waals surface area contributed by atoms with Gasteiger partial charge in [0.1, 0.15) is 28.7 Å². The van der Waals surface area contributed by atoms with Gasteiger partial charge in [-0.1, -0.05) is 6.07 Å². The van der Waals surface area contributed by atoms with Crippen LogP contribution in [0.5, 0.6) is 0 Å². The van der Waals surface area contributed by atoms with Crippen molar-refractivity contribution in [2.24, 2.45) is 0 Å². The molecule has 47 heavy (non-hydrogen) atoms. The summed E-state index contributed by atoms with van der Waals surface area (Å²) in [6.07, 6.45) is -2.04. The van der Waals surface area contributed by atoms with E-state index >= 15 is 0 Å². The third kappa shape index (κ3) is 7.32. The van der Waals surface area contributed by atoms with Crippen LogP contribution in [0.4, 0.5) is 23.8 Å². The number of nitriles is 1. The Hall–Kier alpha value is -3.93. The summed E-state index contributed by atoms with van der Waals surface area (Å²) in [5, 5.41) is 17.9. The van der Waals surface area contributed by atoms with Gasteiger partial charge in [0.2, 0.25) is 0 Å². The highest BCUT2D eigenvalue weighted by Gasteiger charge is 2.30. The average Bonchev–Trinajstić information content (AvgIpc) is 3.63. The minimum Gasteiger partial charge on any atom is -0.367 e. The zero-order chi connectivity index (χ0) is 33.3. The van der Waals surface area contributed by atoms with E-state index < -0.39 is 12.6 Å². The number of anilines is 1. The minimum atomic E-state index is -4.26. The molecule has 2 saturated heterocycles. The molecule has 0 saturated carbocycles. The van der Waals surface area contributed by atoms with E-state index in [9.17, 15) is 23.2 Å². The average molecular weight is 668 g/mol. The fourth-order valence-electron chi connectivity index (χ4n) is 6.86. The zero-order valence-corrected chi connectivity index (χ0v) is 27.7. The predicted octanol–water partition coefficient (Wildman–Crippen LogP) is 5.35. The van der Waals surface area contributed by atoms with E-state index in [0.717, 1.165) is 67.8 Å². The molecular formula is C33H40F3N9OS. The predicted molar refractivity (Wildman–Crippen MR) is 178 cm³/mol. The number of aromatic nitrogens is 3. The standard InChI is InChI=1S/C33H40F3N9OS/c1-21(43-10-12-44(13-11-43)32(46)38-3)18-45-25(17-37)14-27-22(2)23(4-5-29(27)45)19-42-8-6-24(7-9-42)41-30-28-15-26(16-33(34,35)36)47-31(28)40-20-39-30/h4-5,14-15,20-21,24H,6-13,16,18-19H2,1-3H3,(H,38,46)(H,39,40,41)/t21-/m0/s1. The fraction of sp³-hybridized carbons (Fsp3) is 0.515. The van der Waals surface area contributed by atoms with Crippen molar-refractivity contribution in [3.05, 3.63) is 52.3 Å². The first-order valence-corrected chi connectivity index (χ1v) is 16.9. The van der Waals surface area contributed by atoms with Crippen LogP contribution in [-0.4, -0.2) is 99.8 Å². The number of hydrogen-bond donors (Lipinski definition) is 2. The third-order valence-electron chi connectivity index (χ3n) is 9.54. The van der Waals surface area contributed by atoms with Gasteiger partial charge in [-0.3, -0.25) is 9.80 Å². The number of piperazine rings is 1. The fourth-order valence-corrected chi connectivity index (χ4v) is 7.89. The van der Waals surface area contributed by atoms with Gasteiger partial charge in [-0.05, 0) is 56.0 Å². The molecule has 0 unspecified atom stereocenters. The molecule has 5 heterocycles. The van der Waals surface area contributed by atoms with Gasteiger partial charge in [-0.15, -0.1) is 11.3 Å². The van der Waals surface area contributed by atoms with Gasteiger partial charge in [0.05, 0.1) is 11.8 Å². The summed E-state index contributed by atoms with van der Waals surface area (Å²) in [6.45, 7) is 10.5. The molecule has 2 N–H and O–H groups in total. The SMILES string of the molecule is CNC(=O)N1CCN([C@@H](C)Cn2c(C#N)cc3c(C)c(CN4CCC(Nc5ncnc6sc(CC(F)(F)F)cc56)CC4)ccc32)CC1. The summed E-state index contributed by atoms with van der Waals surface area (Å²) in [7, 11) is 1.65. The lowest BCUT2D eigenvalue weighted by Gasteiger charge is -2.38. The maximum atomic E-state index is 12.9. The first-order chi connectivity index (χ1) is 22.5. The Labute approximate surface area is 276 Å². The lowest BCUT2D eigenvalue weighted by Crippen LogP contribution is -2.53. The van der Waals surface area contributed by atoms with Gasteiger partial charge in [0, 0.05) is 87.3 Å². The van der Waals surface area contributed by atoms with Crippen molar-refractivity contribution >= 4 is 44.3 Å². The number of halogens is 3. The summed E-state index contributed by atoms with van der Waals surface area (Å²) in [6, 6.07) is 10.6. The van der Waals surface area contributed by atoms with E-state index in [-0.39, 0.29) is 23.0 Å². The Bertz CT molecular complexity index is 1780. The lowest BCUT2D eigenvalue weighted by molar-refractivity contribution is -0.126. The highest BCUT2D eigenvalue weighted by molar-refractivity contribution is 7.18. The summed E-state index contributed by atoms with van der Waals surface area (Å²) in [5.41, 5.74) is 4.12. The monoisotopic (exact) mass is 667 g/mol. The molecule has 4 aromatic rings. The maximum absolute atomic E-state index is 12.9. The number of urea groups is 1. The number of aryl methyl sites for hydroxylation is 1. The van der Waals surface area contributed by atoms with Gasteiger partial charge in [-0.2, -0.15) is 18.4 Å². The van der Waals surface area contributed by atoms with Crippen molar-refractivity contribution in [1.82, 2.24) is 34.6 Å². The molecule has 3 aromatic heterocycles. The number of fused-ring (bicyclic) bond motifs is 2. The Morgan fingerprint density at radius 1 is 1.11 bits per heavy atom. The van der Waals surface area contributed by atoms with Crippen molar-refractivity contribution in [2.45, 2.75) is 64.5 Å². The van der Waals surface area contributed by atoms with Gasteiger partial charge in [-0.25, -0.2) is 14.8 Å². The van der Waals surface area contributed by atoms with Crippen LogP contribution >= 0.6 is 11.3 Å². The maximum Gasteiger partial charge on any atom is 0.393 e. The molecule has 2 fully saturated rings. The number of carbonyl (C=O) groups excluding carboxylic acids is 1. The van der Waals surface area contributed by atoms with Crippen LogP contribution in [0.2, 0.25) is 0 Å². The largest absolute Gasteiger partial charge is 0.393 e. The van der Waals surface area contributed by atoms with Crippen molar-refractivity contribution < 1.29 is 18.0 Å². The summed E-state index contributed by atoms with van der Waals surface area (Å²) >= 11 is 1.06. The van der Waals surface area contributed by atoms with E-state index in [1.54, 1.807) is 13.1 Å². The number of amides is 2. The molecule has 0 aliphatic carbocycles. The molecule has 2 aliphatic heterocycles. The zero-order valence-electron chi connectivity index (χ0n) is 26.9. The molecule has 0 radical (unpaired) electrons. The van der Waals surface area contributed by atoms with E-state index in [2.05, 4.69) is 67.0 Å². The molecule has 6 rings (SSSR count). The van der Waals surface area contributed by atoms with Crippen LogP contribution in [0, 0.1) is 18.3 Å². The van der Waals surface area contributed by atoms with Gasteiger partial charge in [0.15, 0.2) is 0 Å². The van der Waals surface area contributed by atoms with E-state index in [4.69, 9.17) is 0 Å². The number of rotatable bonds is 8. The normalized spacial score (nSPS) is 17.7. The van der Waals surface area contributed by atoms with Crippen LogP contribution in [-0.2, 0) is 19.5 Å². The van der Waals surface area contributed by atoms with E-state index in [1.165, 1.54) is 17.5 Å². The second kappa shape index (κ2) is 13.7. The van der Waals surface area contributed by atoms with Crippen LogP contribution in [0.15, 0.2) is 30.6 Å². The van der Waals surface area contributed by atoms with Gasteiger partial charge in [0.25, 0.3) is 0 Å². The van der Waals surface area contributed by atoms with Crippen LogP contribution in [0.3, 0.4) is 0 Å². The van der Waals surface area contributed by atoms with Crippen molar-refractivity contribution in [3.8, 4) is 6.07 Å². The van der Waals surface area contributed by atoms with Gasteiger partial charge < -0.3 is 20.1 Å². The summed E-state index contributed by atoms with van der Waals surface area (Å²) in [4.78, 5) is 28.0. The molecule has 0 bridgehead atoms. The molecule has 1 atom stereocenters. The lowest BCUT2D eigenvalue weighted by atomic mass is 10.0. The molecule has 250 valence electrons. The summed E-state index contributed by atoms with van der Waals surface area (Å²) in [5.74, 6) is 0.595. The Morgan fingerprint density at radius 2 is 1.85 bits per heavy atom. The van der Waals surface area contributed by atoms with E-state index in [1.807, 2.05) is 11.0 Å². The second-order valence-corrected chi connectivity index (χ2v) is 13.7. The van der Waals surface area contributed by atoms with Crippen LogP contribution in [0.25, 0.3) is 21.1 Å². The number of piperidine rings is 1. The highest BCUT2D eigenvalue weighted by atomic mass is 32.1. The molecule has 0 spiro atoms. The number of carbonyl (C=O) groups is 1. The molecule has 2 amide bonds. The minimum absolute atomic E-state index is 0.0427. The number of benzene rings is 1. The number of nitrogens with zero attached hydrogens (tertiary/aromatic N) is 7. The van der Waals surface area contributed by atoms with E-state index in [0.29, 0.717) is 41.4 Å². The third-order valence-corrected chi connectivity index (χ3v) is 10.6. The number of alkyl halides is 3. The smallest absolute Gasteiger partial charge is 0.367 e. The van der Waals surface area contributed by atoms with Crippen molar-refractivity contribution in [3.63, 3.8) is 0 Å². The number of thiophene rings is 1. The first-order valence-electron chi connectivity index (χ1n) is 16.0. The Balaban J connectivity index is 1.08. The molecular weight excluding hydrogens is 627 g/mol. The highest BCUT2D eigenvalue weighted by Crippen LogP contribution is 2.33.